The molecule has 1 aromatic heterocycles. The van der Waals surface area contributed by atoms with Gasteiger partial charge in [0.05, 0.1) is 12.6 Å². The Balaban J connectivity index is 1.76. The Morgan fingerprint density at radius 2 is 1.88 bits per heavy atom. The lowest BCUT2D eigenvalue weighted by Gasteiger charge is -2.20. The van der Waals surface area contributed by atoms with Crippen LogP contribution in [0.4, 0.5) is 9.18 Å². The van der Waals surface area contributed by atoms with E-state index in [1.165, 1.54) is 18.4 Å². The average molecular weight is 325 g/mol. The van der Waals surface area contributed by atoms with Crippen LogP contribution in [0.5, 0.6) is 0 Å². The van der Waals surface area contributed by atoms with E-state index in [1.807, 2.05) is 30.3 Å². The minimum Gasteiger partial charge on any atom is -0.364 e. The molecule has 0 radical (unpaired) electrons. The zero-order chi connectivity index (χ0) is 16.8. The summed E-state index contributed by atoms with van der Waals surface area (Å²) in [5.41, 5.74) is 2.14. The van der Waals surface area contributed by atoms with Gasteiger partial charge in [-0.25, -0.2) is 9.18 Å². The molecular weight excluding hydrogens is 309 g/mol. The van der Waals surface area contributed by atoms with E-state index in [9.17, 15) is 9.18 Å². The third-order valence-corrected chi connectivity index (χ3v) is 3.51. The number of hydrogen-bond donors (Lipinski definition) is 2. The summed E-state index contributed by atoms with van der Waals surface area (Å²) in [5, 5.41) is 9.30. The van der Waals surface area contributed by atoms with Gasteiger partial charge in [0.15, 0.2) is 0 Å². The molecule has 5 nitrogen and oxygen atoms in total. The van der Waals surface area contributed by atoms with Crippen molar-refractivity contribution in [2.24, 2.45) is 0 Å². The van der Waals surface area contributed by atoms with Gasteiger partial charge in [-0.2, -0.15) is 0 Å². The van der Waals surface area contributed by atoms with Crippen LogP contribution in [0.1, 0.15) is 22.9 Å². The number of rotatable bonds is 5. The van der Waals surface area contributed by atoms with Crippen molar-refractivity contribution in [2.45, 2.75) is 12.6 Å². The van der Waals surface area contributed by atoms with E-state index < -0.39 is 6.04 Å². The molecule has 2 N–H and O–H groups in total. The van der Waals surface area contributed by atoms with Gasteiger partial charge < -0.3 is 15.2 Å². The Hall–Kier alpha value is -3.15. The Morgan fingerprint density at radius 3 is 2.58 bits per heavy atom. The zero-order valence-corrected chi connectivity index (χ0v) is 12.8. The first kappa shape index (κ1) is 15.7. The molecule has 0 saturated carbocycles. The number of halogens is 1. The van der Waals surface area contributed by atoms with Crippen molar-refractivity contribution in [3.8, 4) is 0 Å². The summed E-state index contributed by atoms with van der Waals surface area (Å²) in [6.07, 6.45) is 1.44. The van der Waals surface area contributed by atoms with Crippen LogP contribution in [0.2, 0.25) is 0 Å². The quantitative estimate of drug-likeness (QED) is 0.755. The second-order valence-electron chi connectivity index (χ2n) is 5.22. The van der Waals surface area contributed by atoms with Gasteiger partial charge in [-0.3, -0.25) is 0 Å². The third-order valence-electron chi connectivity index (χ3n) is 3.51. The van der Waals surface area contributed by atoms with E-state index >= 15 is 0 Å². The average Bonchev–Trinajstić information content (AvgIpc) is 3.12. The zero-order valence-electron chi connectivity index (χ0n) is 12.8. The highest BCUT2D eigenvalue weighted by Gasteiger charge is 2.17. The van der Waals surface area contributed by atoms with Crippen molar-refractivity contribution in [3.63, 3.8) is 0 Å². The lowest BCUT2D eigenvalue weighted by Crippen LogP contribution is -2.38. The molecule has 0 saturated heterocycles. The fourth-order valence-electron chi connectivity index (χ4n) is 2.37. The second-order valence-corrected chi connectivity index (χ2v) is 5.22. The van der Waals surface area contributed by atoms with Gasteiger partial charge in [0.25, 0.3) is 0 Å². The Kier molecular flexibility index (Phi) is 4.86. The molecule has 0 aliphatic carbocycles. The summed E-state index contributed by atoms with van der Waals surface area (Å²) < 4.78 is 18.3. The van der Waals surface area contributed by atoms with E-state index in [0.29, 0.717) is 11.3 Å². The van der Waals surface area contributed by atoms with Gasteiger partial charge in [-0.1, -0.05) is 47.6 Å². The van der Waals surface area contributed by atoms with Crippen LogP contribution in [0.25, 0.3) is 0 Å². The molecule has 0 bridgehead atoms. The summed E-state index contributed by atoms with van der Waals surface area (Å²) >= 11 is 0. The number of carbonyl (C=O) groups is 1. The van der Waals surface area contributed by atoms with Gasteiger partial charge in [-0.15, -0.1) is 0 Å². The van der Waals surface area contributed by atoms with Gasteiger partial charge in [0, 0.05) is 6.07 Å². The Labute approximate surface area is 138 Å². The SMILES string of the molecule is O=C(NCc1ccon1)NC(c1ccccc1)c1cccc(F)c1. The molecule has 24 heavy (non-hydrogen) atoms. The summed E-state index contributed by atoms with van der Waals surface area (Å²) in [7, 11) is 0. The number of nitrogens with zero attached hydrogens (tertiary/aromatic N) is 1. The maximum Gasteiger partial charge on any atom is 0.315 e. The van der Waals surface area contributed by atoms with Gasteiger partial charge in [0.2, 0.25) is 0 Å². The molecule has 2 amide bonds. The van der Waals surface area contributed by atoms with Crippen molar-refractivity contribution in [1.82, 2.24) is 15.8 Å². The first-order valence-corrected chi connectivity index (χ1v) is 7.46. The highest BCUT2D eigenvalue weighted by molar-refractivity contribution is 5.75. The summed E-state index contributed by atoms with van der Waals surface area (Å²) in [4.78, 5) is 12.2. The normalized spacial score (nSPS) is 11.7. The van der Waals surface area contributed by atoms with Crippen LogP contribution in [-0.4, -0.2) is 11.2 Å². The van der Waals surface area contributed by atoms with Gasteiger partial charge in [-0.05, 0) is 23.3 Å². The standard InChI is InChI=1S/C18H16FN3O2/c19-15-8-4-7-14(11-15)17(13-5-2-1-3-6-13)21-18(23)20-12-16-9-10-24-22-16/h1-11,17H,12H2,(H2,20,21,23). The molecule has 122 valence electrons. The molecule has 3 aromatic rings. The highest BCUT2D eigenvalue weighted by Crippen LogP contribution is 2.22. The Morgan fingerprint density at radius 1 is 1.08 bits per heavy atom. The van der Waals surface area contributed by atoms with E-state index in [4.69, 9.17) is 4.52 Å². The van der Waals surface area contributed by atoms with Gasteiger partial charge in [0.1, 0.15) is 17.8 Å². The molecule has 0 spiro atoms. The third kappa shape index (κ3) is 3.98. The molecule has 6 heteroatoms. The molecule has 3 rings (SSSR count). The van der Waals surface area contributed by atoms with E-state index in [-0.39, 0.29) is 18.4 Å². The van der Waals surface area contributed by atoms with Crippen LogP contribution < -0.4 is 10.6 Å². The first-order valence-electron chi connectivity index (χ1n) is 7.46. The van der Waals surface area contributed by atoms with Crippen LogP contribution in [0.15, 0.2) is 71.4 Å². The maximum atomic E-state index is 13.6. The smallest absolute Gasteiger partial charge is 0.315 e. The minimum atomic E-state index is -0.459. The fraction of sp³-hybridized carbons (Fsp3) is 0.111. The summed E-state index contributed by atoms with van der Waals surface area (Å²) in [6, 6.07) is 16.4. The van der Waals surface area contributed by atoms with E-state index in [0.717, 1.165) is 5.56 Å². The maximum absolute atomic E-state index is 13.6. The first-order chi connectivity index (χ1) is 11.7. The molecule has 0 aliphatic rings. The van der Waals surface area contributed by atoms with E-state index in [2.05, 4.69) is 15.8 Å². The van der Waals surface area contributed by atoms with Crippen molar-refractivity contribution < 1.29 is 13.7 Å². The van der Waals surface area contributed by atoms with Crippen molar-refractivity contribution in [3.05, 3.63) is 89.6 Å². The van der Waals surface area contributed by atoms with Gasteiger partial charge >= 0.3 is 6.03 Å². The number of aromatic nitrogens is 1. The second kappa shape index (κ2) is 7.41. The predicted octanol–water partition coefficient (Wildman–Crippen LogP) is 3.40. The lowest BCUT2D eigenvalue weighted by molar-refractivity contribution is 0.238. The molecule has 1 unspecified atom stereocenters. The van der Waals surface area contributed by atoms with E-state index in [1.54, 1.807) is 18.2 Å². The lowest BCUT2D eigenvalue weighted by atomic mass is 9.99. The van der Waals surface area contributed by atoms with Crippen LogP contribution in [0, 0.1) is 5.82 Å². The molecule has 1 heterocycles. The largest absolute Gasteiger partial charge is 0.364 e. The highest BCUT2D eigenvalue weighted by atomic mass is 19.1. The fourth-order valence-corrected chi connectivity index (χ4v) is 2.37. The van der Waals surface area contributed by atoms with Crippen molar-refractivity contribution in [2.75, 3.05) is 0 Å². The predicted molar refractivity (Wildman–Crippen MR) is 86.6 cm³/mol. The molecule has 0 fully saturated rings. The van der Waals surface area contributed by atoms with Crippen LogP contribution in [-0.2, 0) is 6.54 Å². The van der Waals surface area contributed by atoms with Crippen molar-refractivity contribution in [1.29, 1.82) is 0 Å². The number of nitrogens with one attached hydrogen (secondary N) is 2. The number of urea groups is 1. The molecule has 1 atom stereocenters. The van der Waals surface area contributed by atoms with Crippen LogP contribution >= 0.6 is 0 Å². The molecular formula is C18H16FN3O2. The van der Waals surface area contributed by atoms with Crippen LogP contribution in [0.3, 0.4) is 0 Å². The number of carbonyl (C=O) groups excluding carboxylic acids is 1. The summed E-state index contributed by atoms with van der Waals surface area (Å²) in [5.74, 6) is -0.349. The molecule has 2 aromatic carbocycles. The number of benzene rings is 2. The molecule has 0 aliphatic heterocycles. The number of amides is 2. The topological polar surface area (TPSA) is 67.2 Å². The number of hydrogen-bond acceptors (Lipinski definition) is 3. The Bertz CT molecular complexity index is 791. The summed E-state index contributed by atoms with van der Waals surface area (Å²) in [6.45, 7) is 0.243. The van der Waals surface area contributed by atoms with Crippen molar-refractivity contribution >= 4 is 6.03 Å². The minimum absolute atomic E-state index is 0.243. The monoisotopic (exact) mass is 325 g/mol.